The molecule has 0 aliphatic rings. The number of rotatable bonds is 9. The van der Waals surface area contributed by atoms with E-state index in [1.165, 1.54) is 17.3 Å². The van der Waals surface area contributed by atoms with E-state index < -0.39 is 0 Å². The van der Waals surface area contributed by atoms with E-state index in [1.807, 2.05) is 103 Å². The number of nitrogens with one attached hydrogen (secondary N) is 1. The van der Waals surface area contributed by atoms with Crippen LogP contribution in [0.1, 0.15) is 25.2 Å². The average Bonchev–Trinajstić information content (AvgIpc) is 3.19. The molecule has 1 amide bonds. The molecule has 1 aromatic heterocycles. The van der Waals surface area contributed by atoms with Gasteiger partial charge in [-0.05, 0) is 55.8 Å². The number of para-hydroxylation sites is 1. The highest BCUT2D eigenvalue weighted by Gasteiger charge is 2.21. The van der Waals surface area contributed by atoms with Gasteiger partial charge >= 0.3 is 0 Å². The number of thioether (sulfide) groups is 1. The van der Waals surface area contributed by atoms with Crippen molar-refractivity contribution >= 4 is 34.7 Å². The number of hydrogen-bond acceptors (Lipinski definition) is 5. The van der Waals surface area contributed by atoms with Crippen LogP contribution in [-0.4, -0.2) is 32.5 Å². The summed E-state index contributed by atoms with van der Waals surface area (Å²) in [4.78, 5) is 15.0. The fraction of sp³-hybridized carbons (Fsp3) is 0.222. The van der Waals surface area contributed by atoms with Gasteiger partial charge in [-0.2, -0.15) is 0 Å². The molecule has 0 unspecified atom stereocenters. The Morgan fingerprint density at radius 1 is 0.912 bits per heavy atom. The maximum absolute atomic E-state index is 13.2. The molecule has 7 heteroatoms. The topological polar surface area (TPSA) is 63.1 Å². The fourth-order valence-corrected chi connectivity index (χ4v) is 4.51. The third-order valence-electron chi connectivity index (χ3n) is 5.45. The monoisotopic (exact) mass is 471 g/mol. The first-order valence-corrected chi connectivity index (χ1v) is 12.3. The summed E-state index contributed by atoms with van der Waals surface area (Å²) >= 11 is 1.42. The summed E-state index contributed by atoms with van der Waals surface area (Å²) in [5.74, 6) is 1.21. The Morgan fingerprint density at radius 2 is 1.53 bits per heavy atom. The molecule has 0 spiro atoms. The van der Waals surface area contributed by atoms with E-state index in [2.05, 4.69) is 27.6 Å². The van der Waals surface area contributed by atoms with Gasteiger partial charge < -0.3 is 14.8 Å². The van der Waals surface area contributed by atoms with E-state index in [9.17, 15) is 4.79 Å². The molecule has 4 rings (SSSR count). The molecule has 34 heavy (non-hydrogen) atoms. The molecule has 1 N–H and O–H groups in total. The van der Waals surface area contributed by atoms with Crippen molar-refractivity contribution in [3.63, 3.8) is 0 Å². The fourth-order valence-electron chi connectivity index (χ4n) is 3.72. The Bertz CT molecular complexity index is 1210. The van der Waals surface area contributed by atoms with Gasteiger partial charge in [0.25, 0.3) is 0 Å². The van der Waals surface area contributed by atoms with Crippen molar-refractivity contribution in [2.75, 3.05) is 16.0 Å². The first-order valence-electron chi connectivity index (χ1n) is 11.3. The van der Waals surface area contributed by atoms with Crippen LogP contribution in [0.3, 0.4) is 0 Å². The molecule has 0 atom stereocenters. The van der Waals surface area contributed by atoms with E-state index in [1.54, 1.807) is 0 Å². The lowest BCUT2D eigenvalue weighted by Gasteiger charge is -2.27. The highest BCUT2D eigenvalue weighted by molar-refractivity contribution is 7.99. The third kappa shape index (κ3) is 5.85. The van der Waals surface area contributed by atoms with Crippen molar-refractivity contribution in [2.24, 2.45) is 7.05 Å². The average molecular weight is 472 g/mol. The number of hydrogen-bond donors (Lipinski definition) is 1. The second kappa shape index (κ2) is 11.0. The van der Waals surface area contributed by atoms with Crippen molar-refractivity contribution in [3.05, 3.63) is 96.3 Å². The van der Waals surface area contributed by atoms with Gasteiger partial charge in [-0.1, -0.05) is 60.3 Å². The highest BCUT2D eigenvalue weighted by Crippen LogP contribution is 2.25. The lowest BCUT2D eigenvalue weighted by molar-refractivity contribution is -0.116. The largest absolute Gasteiger partial charge is 0.356 e. The van der Waals surface area contributed by atoms with Gasteiger partial charge in [0.05, 0.1) is 5.75 Å². The van der Waals surface area contributed by atoms with Crippen LogP contribution in [0, 0.1) is 0 Å². The molecular formula is C27H29N5OS. The predicted octanol–water partition coefficient (Wildman–Crippen LogP) is 5.68. The van der Waals surface area contributed by atoms with Crippen LogP contribution in [0.25, 0.3) is 0 Å². The molecule has 0 saturated carbocycles. The zero-order chi connectivity index (χ0) is 23.9. The van der Waals surface area contributed by atoms with Crippen LogP contribution in [0.2, 0.25) is 0 Å². The second-order valence-electron chi connectivity index (χ2n) is 8.30. The van der Waals surface area contributed by atoms with E-state index in [0.29, 0.717) is 12.2 Å². The van der Waals surface area contributed by atoms with Crippen LogP contribution < -0.4 is 10.2 Å². The predicted molar refractivity (Wildman–Crippen MR) is 140 cm³/mol. The number of anilines is 3. The number of nitrogens with zero attached hydrogens (tertiary/aromatic N) is 4. The molecule has 4 aromatic rings. The Hall–Kier alpha value is -3.58. The van der Waals surface area contributed by atoms with Gasteiger partial charge in [-0.15, -0.1) is 10.2 Å². The Balaban J connectivity index is 1.40. The quantitative estimate of drug-likeness (QED) is 0.318. The van der Waals surface area contributed by atoms with Gasteiger partial charge in [-0.3, -0.25) is 4.79 Å². The molecule has 6 nitrogen and oxygen atoms in total. The first kappa shape index (κ1) is 23.6. The second-order valence-corrected chi connectivity index (χ2v) is 9.25. The smallest absolute Gasteiger partial charge is 0.237 e. The minimum Gasteiger partial charge on any atom is -0.356 e. The van der Waals surface area contributed by atoms with Crippen molar-refractivity contribution in [1.82, 2.24) is 14.8 Å². The molecule has 0 bridgehead atoms. The zero-order valence-electron chi connectivity index (χ0n) is 19.7. The first-order chi connectivity index (χ1) is 16.5. The van der Waals surface area contributed by atoms with Crippen molar-refractivity contribution < 1.29 is 4.79 Å². The number of carbonyl (C=O) groups is 1. The molecular weight excluding hydrogens is 442 g/mol. The maximum atomic E-state index is 13.2. The molecule has 174 valence electrons. The molecule has 0 radical (unpaired) electrons. The van der Waals surface area contributed by atoms with Gasteiger partial charge in [-0.25, -0.2) is 0 Å². The minimum absolute atomic E-state index is 0.0363. The molecule has 3 aromatic carbocycles. The van der Waals surface area contributed by atoms with E-state index in [-0.39, 0.29) is 11.9 Å². The molecule has 0 saturated heterocycles. The zero-order valence-corrected chi connectivity index (χ0v) is 20.5. The standard InChI is InChI=1S/C27H29N5OS/c1-20(2)32(24-16-14-23(15-17-24)28-22-12-8-5-9-13-22)26(33)19-34-27-30-29-25(31(27)3)18-21-10-6-4-7-11-21/h4-17,20,28H,18-19H2,1-3H3. The van der Waals surface area contributed by atoms with Gasteiger partial charge in [0.2, 0.25) is 5.91 Å². The van der Waals surface area contributed by atoms with E-state index in [0.717, 1.165) is 28.0 Å². The normalized spacial score (nSPS) is 10.9. The van der Waals surface area contributed by atoms with Crippen molar-refractivity contribution in [2.45, 2.75) is 31.5 Å². The Kier molecular flexibility index (Phi) is 7.65. The SMILES string of the molecule is CC(C)N(C(=O)CSc1nnc(Cc2ccccc2)n1C)c1ccc(Nc2ccccc2)cc1. The summed E-state index contributed by atoms with van der Waals surface area (Å²) in [6.07, 6.45) is 0.709. The summed E-state index contributed by atoms with van der Waals surface area (Å²) in [6.45, 7) is 4.05. The van der Waals surface area contributed by atoms with Crippen molar-refractivity contribution in [3.8, 4) is 0 Å². The summed E-state index contributed by atoms with van der Waals surface area (Å²) in [5.41, 5.74) is 4.06. The summed E-state index contributed by atoms with van der Waals surface area (Å²) in [7, 11) is 1.95. The van der Waals surface area contributed by atoms with Crippen LogP contribution in [0.4, 0.5) is 17.1 Å². The summed E-state index contributed by atoms with van der Waals surface area (Å²) in [6, 6.07) is 28.2. The third-order valence-corrected chi connectivity index (χ3v) is 6.45. The number of benzene rings is 3. The lowest BCUT2D eigenvalue weighted by atomic mass is 10.1. The van der Waals surface area contributed by atoms with Crippen LogP contribution >= 0.6 is 11.8 Å². The minimum atomic E-state index is 0.0363. The lowest BCUT2D eigenvalue weighted by Crippen LogP contribution is -2.38. The van der Waals surface area contributed by atoms with Gasteiger partial charge in [0.1, 0.15) is 5.82 Å². The van der Waals surface area contributed by atoms with Crippen LogP contribution in [-0.2, 0) is 18.3 Å². The van der Waals surface area contributed by atoms with Gasteiger partial charge in [0, 0.05) is 36.6 Å². The van der Waals surface area contributed by atoms with Crippen LogP contribution in [0.15, 0.2) is 90.1 Å². The highest BCUT2D eigenvalue weighted by atomic mass is 32.2. The molecule has 0 aliphatic heterocycles. The summed E-state index contributed by atoms with van der Waals surface area (Å²) < 4.78 is 1.97. The van der Waals surface area contributed by atoms with Crippen LogP contribution in [0.5, 0.6) is 0 Å². The number of amides is 1. The maximum Gasteiger partial charge on any atom is 0.237 e. The van der Waals surface area contributed by atoms with Crippen molar-refractivity contribution in [1.29, 1.82) is 0 Å². The molecule has 0 aliphatic carbocycles. The molecule has 1 heterocycles. The van der Waals surface area contributed by atoms with Gasteiger partial charge in [0.15, 0.2) is 5.16 Å². The van der Waals surface area contributed by atoms with E-state index >= 15 is 0 Å². The number of aromatic nitrogens is 3. The number of carbonyl (C=O) groups excluding carboxylic acids is 1. The Labute approximate surface area is 205 Å². The summed E-state index contributed by atoms with van der Waals surface area (Å²) in [5, 5.41) is 12.8. The Morgan fingerprint density at radius 3 is 2.18 bits per heavy atom. The van der Waals surface area contributed by atoms with E-state index in [4.69, 9.17) is 0 Å². The molecule has 0 fully saturated rings.